The molecule has 1 heterocycles. The third kappa shape index (κ3) is 3.12. The van der Waals surface area contributed by atoms with Crippen LogP contribution in [0.15, 0.2) is 23.2 Å². The number of carbonyl (C=O) groups excluding carboxylic acids is 1. The molecule has 0 saturated heterocycles. The third-order valence-corrected chi connectivity index (χ3v) is 2.64. The lowest BCUT2D eigenvalue weighted by Crippen LogP contribution is -2.28. The van der Waals surface area contributed by atoms with Gasteiger partial charge in [-0.1, -0.05) is 0 Å². The molecule has 0 fully saturated rings. The summed E-state index contributed by atoms with van der Waals surface area (Å²) in [5.74, 6) is -3.79. The van der Waals surface area contributed by atoms with Gasteiger partial charge in [0, 0.05) is 17.7 Å². The lowest BCUT2D eigenvalue weighted by atomic mass is 10.1. The summed E-state index contributed by atoms with van der Waals surface area (Å²) in [5.41, 5.74) is -0.0717. The minimum Gasteiger partial charge on any atom is -0.433 e. The van der Waals surface area contributed by atoms with E-state index in [1.165, 1.54) is 0 Å². The molecule has 2 rings (SSSR count). The summed E-state index contributed by atoms with van der Waals surface area (Å²) in [5, 5.41) is 0. The maximum absolute atomic E-state index is 13.5. The highest BCUT2D eigenvalue weighted by molar-refractivity contribution is 6.02. The molecule has 1 unspecified atom stereocenters. The van der Waals surface area contributed by atoms with E-state index < -0.39 is 30.0 Å². The average Bonchev–Trinajstić information content (AvgIpc) is 2.79. The van der Waals surface area contributed by atoms with Crippen molar-refractivity contribution in [1.82, 2.24) is 0 Å². The van der Waals surface area contributed by atoms with E-state index >= 15 is 0 Å². The minimum atomic E-state index is -5.11. The number of hydrogen-bond donors (Lipinski definition) is 0. The van der Waals surface area contributed by atoms with Crippen LogP contribution < -0.4 is 0 Å². The maximum Gasteiger partial charge on any atom is 0.491 e. The zero-order chi connectivity index (χ0) is 14.9. The predicted octanol–water partition coefficient (Wildman–Crippen LogP) is 2.98. The fourth-order valence-electron chi connectivity index (χ4n) is 1.76. The number of esters is 1. The Kier molecular flexibility index (Phi) is 3.74. The summed E-state index contributed by atoms with van der Waals surface area (Å²) in [6.07, 6.45) is -6.35. The van der Waals surface area contributed by atoms with Crippen LogP contribution in [-0.4, -0.2) is 24.1 Å². The molecule has 0 radical (unpaired) electrons. The first-order valence-corrected chi connectivity index (χ1v) is 5.57. The van der Waals surface area contributed by atoms with Crippen LogP contribution in [0.5, 0.6) is 0 Å². The van der Waals surface area contributed by atoms with Gasteiger partial charge in [0.2, 0.25) is 0 Å². The molecule has 0 amide bonds. The van der Waals surface area contributed by atoms with E-state index in [0.29, 0.717) is 0 Å². The summed E-state index contributed by atoms with van der Waals surface area (Å²) in [7, 11) is 0. The van der Waals surface area contributed by atoms with Gasteiger partial charge in [-0.05, 0) is 24.6 Å². The SMILES string of the molecule is O=C(OC1CCC(c2cc(F)ccc2F)=N1)C(F)(F)F. The lowest BCUT2D eigenvalue weighted by Gasteiger charge is -2.10. The molecule has 1 atom stereocenters. The van der Waals surface area contributed by atoms with Crippen LogP contribution in [0, 0.1) is 11.6 Å². The molecule has 3 nitrogen and oxygen atoms in total. The summed E-state index contributed by atoms with van der Waals surface area (Å²) in [6.45, 7) is 0. The second-order valence-electron chi connectivity index (χ2n) is 4.10. The Bertz CT molecular complexity index is 567. The Morgan fingerprint density at radius 3 is 2.65 bits per heavy atom. The number of nitrogens with zero attached hydrogens (tertiary/aromatic N) is 1. The van der Waals surface area contributed by atoms with Crippen molar-refractivity contribution in [3.63, 3.8) is 0 Å². The van der Waals surface area contributed by atoms with Crippen molar-refractivity contribution in [3.8, 4) is 0 Å². The third-order valence-electron chi connectivity index (χ3n) is 2.64. The Balaban J connectivity index is 2.15. The molecule has 0 aromatic heterocycles. The molecule has 1 aromatic rings. The van der Waals surface area contributed by atoms with Crippen molar-refractivity contribution in [2.75, 3.05) is 0 Å². The van der Waals surface area contributed by atoms with Gasteiger partial charge in [-0.3, -0.25) is 0 Å². The van der Waals surface area contributed by atoms with Gasteiger partial charge < -0.3 is 4.74 Å². The van der Waals surface area contributed by atoms with Gasteiger partial charge in [-0.25, -0.2) is 18.6 Å². The lowest BCUT2D eigenvalue weighted by molar-refractivity contribution is -0.204. The van der Waals surface area contributed by atoms with Gasteiger partial charge >= 0.3 is 12.1 Å². The number of carbonyl (C=O) groups is 1. The standard InChI is InChI=1S/C12H8F5NO2/c13-6-1-2-8(14)7(5-6)9-3-4-10(18-9)20-11(19)12(15,16)17/h1-2,5,10H,3-4H2. The van der Waals surface area contributed by atoms with Crippen LogP contribution in [0.3, 0.4) is 0 Å². The highest BCUT2D eigenvalue weighted by atomic mass is 19.4. The molecule has 0 aliphatic carbocycles. The molecule has 0 N–H and O–H groups in total. The number of hydrogen-bond acceptors (Lipinski definition) is 3. The summed E-state index contributed by atoms with van der Waals surface area (Å²) < 4.78 is 66.6. The zero-order valence-electron chi connectivity index (χ0n) is 9.88. The van der Waals surface area contributed by atoms with E-state index in [4.69, 9.17) is 0 Å². The number of ether oxygens (including phenoxy) is 1. The van der Waals surface area contributed by atoms with Gasteiger partial charge in [0.1, 0.15) is 11.6 Å². The summed E-state index contributed by atoms with van der Waals surface area (Å²) in [4.78, 5) is 14.3. The van der Waals surface area contributed by atoms with Crippen molar-refractivity contribution in [3.05, 3.63) is 35.4 Å². The normalized spacial score (nSPS) is 18.9. The fourth-order valence-corrected chi connectivity index (χ4v) is 1.76. The fraction of sp³-hybridized carbons (Fsp3) is 0.333. The number of halogens is 5. The molecule has 20 heavy (non-hydrogen) atoms. The molecule has 0 spiro atoms. The van der Waals surface area contributed by atoms with Crippen LogP contribution in [0.4, 0.5) is 22.0 Å². The number of rotatable bonds is 2. The van der Waals surface area contributed by atoms with E-state index in [9.17, 15) is 26.7 Å². The molecule has 1 aromatic carbocycles. The average molecular weight is 293 g/mol. The van der Waals surface area contributed by atoms with E-state index in [1.807, 2.05) is 0 Å². The van der Waals surface area contributed by atoms with Gasteiger partial charge in [-0.15, -0.1) is 0 Å². The number of aliphatic imine (C=N–C) groups is 1. The highest BCUT2D eigenvalue weighted by Gasteiger charge is 2.42. The molecular formula is C12H8F5NO2. The molecule has 108 valence electrons. The molecule has 1 aliphatic heterocycles. The van der Waals surface area contributed by atoms with E-state index in [-0.39, 0.29) is 24.1 Å². The number of alkyl halides is 3. The zero-order valence-corrected chi connectivity index (χ0v) is 9.88. The first-order valence-electron chi connectivity index (χ1n) is 5.57. The van der Waals surface area contributed by atoms with E-state index in [0.717, 1.165) is 18.2 Å². The van der Waals surface area contributed by atoms with Gasteiger partial charge in [0.05, 0.1) is 0 Å². The van der Waals surface area contributed by atoms with Gasteiger partial charge in [-0.2, -0.15) is 13.2 Å². The summed E-state index contributed by atoms with van der Waals surface area (Å²) >= 11 is 0. The Hall–Kier alpha value is -1.99. The van der Waals surface area contributed by atoms with Crippen molar-refractivity contribution in [2.24, 2.45) is 4.99 Å². The molecule has 8 heteroatoms. The van der Waals surface area contributed by atoms with Crippen LogP contribution >= 0.6 is 0 Å². The van der Waals surface area contributed by atoms with Gasteiger partial charge in [0.25, 0.3) is 0 Å². The first-order chi connectivity index (χ1) is 9.27. The van der Waals surface area contributed by atoms with Crippen molar-refractivity contribution >= 4 is 11.7 Å². The molecule has 0 bridgehead atoms. The maximum atomic E-state index is 13.5. The van der Waals surface area contributed by atoms with Crippen molar-refractivity contribution in [1.29, 1.82) is 0 Å². The molecule has 0 saturated carbocycles. The monoisotopic (exact) mass is 293 g/mol. The van der Waals surface area contributed by atoms with E-state index in [1.54, 1.807) is 0 Å². The van der Waals surface area contributed by atoms with Crippen LogP contribution in [0.2, 0.25) is 0 Å². The summed E-state index contributed by atoms with van der Waals surface area (Å²) in [6, 6.07) is 2.69. The second kappa shape index (κ2) is 5.18. The molecule has 1 aliphatic rings. The van der Waals surface area contributed by atoms with Crippen LogP contribution in [-0.2, 0) is 9.53 Å². The van der Waals surface area contributed by atoms with Crippen molar-refractivity contribution in [2.45, 2.75) is 25.2 Å². The quantitative estimate of drug-likeness (QED) is 0.621. The van der Waals surface area contributed by atoms with Crippen LogP contribution in [0.1, 0.15) is 18.4 Å². The minimum absolute atomic E-state index is 0.00684. The second-order valence-corrected chi connectivity index (χ2v) is 4.10. The highest BCUT2D eigenvalue weighted by Crippen LogP contribution is 2.25. The van der Waals surface area contributed by atoms with Crippen molar-refractivity contribution < 1.29 is 31.5 Å². The smallest absolute Gasteiger partial charge is 0.433 e. The molecular weight excluding hydrogens is 285 g/mol. The Morgan fingerprint density at radius 2 is 2.00 bits per heavy atom. The first kappa shape index (κ1) is 14.4. The Labute approximate surface area is 110 Å². The number of benzene rings is 1. The topological polar surface area (TPSA) is 38.7 Å². The Morgan fingerprint density at radius 1 is 1.30 bits per heavy atom. The largest absolute Gasteiger partial charge is 0.491 e. The van der Waals surface area contributed by atoms with Gasteiger partial charge in [0.15, 0.2) is 6.23 Å². The predicted molar refractivity (Wildman–Crippen MR) is 58.1 cm³/mol. The van der Waals surface area contributed by atoms with E-state index in [2.05, 4.69) is 9.73 Å². The van der Waals surface area contributed by atoms with Crippen LogP contribution in [0.25, 0.3) is 0 Å².